The summed E-state index contributed by atoms with van der Waals surface area (Å²) in [7, 11) is 0. The molecule has 0 saturated heterocycles. The van der Waals surface area contributed by atoms with E-state index in [1.807, 2.05) is 12.4 Å². The van der Waals surface area contributed by atoms with Crippen LogP contribution in [-0.2, 0) is 6.54 Å². The normalized spacial score (nSPS) is 10.4. The van der Waals surface area contributed by atoms with Crippen LogP contribution >= 0.6 is 11.3 Å². The second kappa shape index (κ2) is 3.90. The van der Waals surface area contributed by atoms with Gasteiger partial charge >= 0.3 is 0 Å². The van der Waals surface area contributed by atoms with E-state index in [9.17, 15) is 0 Å². The Labute approximate surface area is 87.4 Å². The Morgan fingerprint density at radius 1 is 1.36 bits per heavy atom. The Morgan fingerprint density at radius 3 is 2.86 bits per heavy atom. The molecule has 0 aliphatic rings. The maximum absolute atomic E-state index is 5.57. The largest absolute Gasteiger partial charge is 0.326 e. The average Bonchev–Trinajstić information content (AvgIpc) is 2.65. The van der Waals surface area contributed by atoms with Crippen molar-refractivity contribution in [1.82, 2.24) is 4.98 Å². The van der Waals surface area contributed by atoms with E-state index >= 15 is 0 Å². The number of pyridine rings is 1. The maximum atomic E-state index is 5.57. The summed E-state index contributed by atoms with van der Waals surface area (Å²) in [5, 5.41) is 0. The zero-order valence-corrected chi connectivity index (χ0v) is 8.84. The first-order valence-corrected chi connectivity index (χ1v) is 5.32. The first kappa shape index (κ1) is 9.37. The van der Waals surface area contributed by atoms with Crippen molar-refractivity contribution in [3.8, 4) is 10.4 Å². The molecule has 2 nitrogen and oxygen atoms in total. The third kappa shape index (κ3) is 1.84. The minimum atomic E-state index is 0.547. The van der Waals surface area contributed by atoms with Crippen LogP contribution in [0.1, 0.15) is 10.4 Å². The van der Waals surface area contributed by atoms with Crippen molar-refractivity contribution in [2.45, 2.75) is 13.5 Å². The predicted molar refractivity (Wildman–Crippen MR) is 60.2 cm³/mol. The lowest BCUT2D eigenvalue weighted by molar-refractivity contribution is 1.05. The van der Waals surface area contributed by atoms with E-state index in [2.05, 4.69) is 30.1 Å². The predicted octanol–water partition coefficient (Wildman–Crippen LogP) is 2.58. The highest BCUT2D eigenvalue weighted by Crippen LogP contribution is 2.27. The summed E-state index contributed by atoms with van der Waals surface area (Å²) in [6.45, 7) is 2.65. The number of hydrogen-bond acceptors (Lipinski definition) is 3. The van der Waals surface area contributed by atoms with Gasteiger partial charge in [0.25, 0.3) is 0 Å². The van der Waals surface area contributed by atoms with Gasteiger partial charge in [0.15, 0.2) is 0 Å². The maximum Gasteiger partial charge on any atom is 0.0361 e. The zero-order chi connectivity index (χ0) is 9.97. The quantitative estimate of drug-likeness (QED) is 0.816. The van der Waals surface area contributed by atoms with Gasteiger partial charge in [0.2, 0.25) is 0 Å². The highest BCUT2D eigenvalue weighted by atomic mass is 32.1. The summed E-state index contributed by atoms with van der Waals surface area (Å²) >= 11 is 1.78. The van der Waals surface area contributed by atoms with E-state index in [1.54, 1.807) is 11.3 Å². The highest BCUT2D eigenvalue weighted by Gasteiger charge is 2.01. The highest BCUT2D eigenvalue weighted by molar-refractivity contribution is 7.15. The summed E-state index contributed by atoms with van der Waals surface area (Å²) in [6.07, 6.45) is 3.69. The summed E-state index contributed by atoms with van der Waals surface area (Å²) < 4.78 is 0. The van der Waals surface area contributed by atoms with Gasteiger partial charge in [0, 0.05) is 34.3 Å². The molecule has 0 amide bonds. The minimum Gasteiger partial charge on any atom is -0.326 e. The molecule has 0 radical (unpaired) electrons. The molecular formula is C11H12N2S. The molecule has 0 saturated carbocycles. The van der Waals surface area contributed by atoms with Crippen LogP contribution in [0.25, 0.3) is 10.4 Å². The van der Waals surface area contributed by atoms with Crippen molar-refractivity contribution < 1.29 is 0 Å². The fraction of sp³-hybridized carbons (Fsp3) is 0.182. The molecule has 0 aliphatic heterocycles. The molecule has 2 aromatic heterocycles. The third-order valence-corrected chi connectivity index (χ3v) is 3.11. The standard InChI is InChI=1S/C11H12N2S/c1-8-2-3-11(14-8)10-4-9(5-12)6-13-7-10/h2-4,6-7H,5,12H2,1H3. The van der Waals surface area contributed by atoms with Crippen molar-refractivity contribution in [3.05, 3.63) is 41.0 Å². The monoisotopic (exact) mass is 204 g/mol. The number of aryl methyl sites for hydroxylation is 1. The van der Waals surface area contributed by atoms with Gasteiger partial charge in [0.05, 0.1) is 0 Å². The molecule has 14 heavy (non-hydrogen) atoms. The summed E-state index contributed by atoms with van der Waals surface area (Å²) in [5.74, 6) is 0. The van der Waals surface area contributed by atoms with Gasteiger partial charge in [-0.1, -0.05) is 0 Å². The fourth-order valence-corrected chi connectivity index (χ4v) is 2.17. The molecule has 2 rings (SSSR count). The number of thiophene rings is 1. The van der Waals surface area contributed by atoms with E-state index in [-0.39, 0.29) is 0 Å². The summed E-state index contributed by atoms with van der Waals surface area (Å²) in [4.78, 5) is 6.74. The van der Waals surface area contributed by atoms with Crippen molar-refractivity contribution in [1.29, 1.82) is 0 Å². The second-order valence-electron chi connectivity index (χ2n) is 3.20. The van der Waals surface area contributed by atoms with Crippen molar-refractivity contribution in [2.24, 2.45) is 5.73 Å². The molecule has 0 aromatic carbocycles. The number of hydrogen-bond donors (Lipinski definition) is 1. The minimum absolute atomic E-state index is 0.547. The molecule has 2 aromatic rings. The van der Waals surface area contributed by atoms with E-state index in [1.165, 1.54) is 9.75 Å². The Kier molecular flexibility index (Phi) is 2.61. The van der Waals surface area contributed by atoms with Gasteiger partial charge < -0.3 is 5.73 Å². The molecule has 2 N–H and O–H groups in total. The van der Waals surface area contributed by atoms with Crippen molar-refractivity contribution in [2.75, 3.05) is 0 Å². The Balaban J connectivity index is 2.41. The van der Waals surface area contributed by atoms with Crippen LogP contribution in [0.4, 0.5) is 0 Å². The van der Waals surface area contributed by atoms with Gasteiger partial charge in [0.1, 0.15) is 0 Å². The molecule has 0 fully saturated rings. The lowest BCUT2D eigenvalue weighted by Gasteiger charge is -1.99. The van der Waals surface area contributed by atoms with Crippen molar-refractivity contribution in [3.63, 3.8) is 0 Å². The molecule has 0 unspecified atom stereocenters. The van der Waals surface area contributed by atoms with Crippen LogP contribution in [0, 0.1) is 6.92 Å². The fourth-order valence-electron chi connectivity index (χ4n) is 1.32. The van der Waals surface area contributed by atoms with E-state index < -0.39 is 0 Å². The molecule has 0 atom stereocenters. The van der Waals surface area contributed by atoms with Crippen molar-refractivity contribution >= 4 is 11.3 Å². The number of aromatic nitrogens is 1. The number of nitrogens with zero attached hydrogens (tertiary/aromatic N) is 1. The van der Waals surface area contributed by atoms with Crippen LogP contribution in [-0.4, -0.2) is 4.98 Å². The lowest BCUT2D eigenvalue weighted by Crippen LogP contribution is -1.96. The first-order chi connectivity index (χ1) is 6.79. The molecular weight excluding hydrogens is 192 g/mol. The van der Waals surface area contributed by atoms with E-state index in [4.69, 9.17) is 5.73 Å². The Bertz CT molecular complexity index is 434. The molecule has 0 aliphatic carbocycles. The molecule has 0 spiro atoms. The topological polar surface area (TPSA) is 38.9 Å². The van der Waals surface area contributed by atoms with Crippen LogP contribution in [0.3, 0.4) is 0 Å². The SMILES string of the molecule is Cc1ccc(-c2cncc(CN)c2)s1. The van der Waals surface area contributed by atoms with Crippen LogP contribution in [0.15, 0.2) is 30.6 Å². The summed E-state index contributed by atoms with van der Waals surface area (Å²) in [6, 6.07) is 6.34. The van der Waals surface area contributed by atoms with Gasteiger partial charge in [-0.15, -0.1) is 11.3 Å². The van der Waals surface area contributed by atoms with E-state index in [0.717, 1.165) is 11.1 Å². The Hall–Kier alpha value is -1.19. The second-order valence-corrected chi connectivity index (χ2v) is 4.48. The third-order valence-electron chi connectivity index (χ3n) is 2.06. The van der Waals surface area contributed by atoms with Crippen LogP contribution in [0.5, 0.6) is 0 Å². The Morgan fingerprint density at radius 2 is 2.21 bits per heavy atom. The van der Waals surface area contributed by atoms with Gasteiger partial charge in [-0.2, -0.15) is 0 Å². The van der Waals surface area contributed by atoms with Crippen LogP contribution < -0.4 is 5.73 Å². The van der Waals surface area contributed by atoms with E-state index in [0.29, 0.717) is 6.54 Å². The zero-order valence-electron chi connectivity index (χ0n) is 8.03. The first-order valence-electron chi connectivity index (χ1n) is 4.50. The van der Waals surface area contributed by atoms with Gasteiger partial charge in [-0.25, -0.2) is 0 Å². The molecule has 3 heteroatoms. The number of nitrogens with two attached hydrogens (primary N) is 1. The van der Waals surface area contributed by atoms with Gasteiger partial charge in [-0.05, 0) is 30.7 Å². The molecule has 0 bridgehead atoms. The van der Waals surface area contributed by atoms with Gasteiger partial charge in [-0.3, -0.25) is 4.98 Å². The smallest absolute Gasteiger partial charge is 0.0361 e. The number of rotatable bonds is 2. The lowest BCUT2D eigenvalue weighted by atomic mass is 10.2. The molecule has 2 heterocycles. The molecule has 72 valence electrons. The summed E-state index contributed by atoms with van der Waals surface area (Å²) in [5.41, 5.74) is 7.80. The van der Waals surface area contributed by atoms with Crippen LogP contribution in [0.2, 0.25) is 0 Å². The average molecular weight is 204 g/mol.